The second-order valence-corrected chi connectivity index (χ2v) is 8.81. The van der Waals surface area contributed by atoms with Crippen molar-refractivity contribution in [1.29, 1.82) is 0 Å². The molecule has 7 nitrogen and oxygen atoms in total. The maximum absolute atomic E-state index is 12.6. The number of nitrogens with one attached hydrogen (secondary N) is 2. The molecule has 0 heterocycles. The molecule has 0 aromatic heterocycles. The quantitative estimate of drug-likeness (QED) is 0.617. The van der Waals surface area contributed by atoms with E-state index in [0.29, 0.717) is 10.6 Å². The molecule has 0 saturated carbocycles. The Hall–Kier alpha value is -2.42. The summed E-state index contributed by atoms with van der Waals surface area (Å²) < 4.78 is 31.6. The van der Waals surface area contributed by atoms with Crippen LogP contribution >= 0.6 is 11.6 Å². The lowest BCUT2D eigenvalue weighted by molar-refractivity contribution is -0.141. The number of carbonyl (C=O) groups is 2. The van der Waals surface area contributed by atoms with Gasteiger partial charge in [-0.15, -0.1) is 0 Å². The van der Waals surface area contributed by atoms with E-state index in [1.807, 2.05) is 0 Å². The van der Waals surface area contributed by atoms with Crippen molar-refractivity contribution in [2.24, 2.45) is 0 Å². The number of carbonyl (C=O) groups excluding carboxylic acids is 2. The van der Waals surface area contributed by atoms with E-state index < -0.39 is 27.9 Å². The Morgan fingerprint density at radius 3 is 2.14 bits per heavy atom. The van der Waals surface area contributed by atoms with E-state index in [9.17, 15) is 18.0 Å². The lowest BCUT2D eigenvalue weighted by atomic mass is 10.0. The molecule has 1 atom stereocenters. The predicted octanol–water partition coefficient (Wildman–Crippen LogP) is 3.06. The number of hydrogen-bond acceptors (Lipinski definition) is 5. The SMILES string of the molecule is COC(=O)CC(NC(=O)c1ccc(S(=O)(=O)NC(C)C)cc1)c1ccc(Cl)cc1. The van der Waals surface area contributed by atoms with Crippen LogP contribution < -0.4 is 10.0 Å². The van der Waals surface area contributed by atoms with Gasteiger partial charge in [0.2, 0.25) is 10.0 Å². The number of ether oxygens (including phenoxy) is 1. The zero-order chi connectivity index (χ0) is 21.6. The molecular formula is C20H23ClN2O5S. The Morgan fingerprint density at radius 1 is 1.03 bits per heavy atom. The molecule has 29 heavy (non-hydrogen) atoms. The van der Waals surface area contributed by atoms with Crippen LogP contribution in [-0.2, 0) is 19.6 Å². The fourth-order valence-corrected chi connectivity index (χ4v) is 3.98. The van der Waals surface area contributed by atoms with E-state index >= 15 is 0 Å². The van der Waals surface area contributed by atoms with E-state index in [1.165, 1.54) is 31.4 Å². The number of halogens is 1. The second-order valence-electron chi connectivity index (χ2n) is 6.66. The van der Waals surface area contributed by atoms with Crippen LogP contribution in [0.3, 0.4) is 0 Å². The van der Waals surface area contributed by atoms with Gasteiger partial charge in [-0.2, -0.15) is 0 Å². The molecule has 2 N–H and O–H groups in total. The Labute approximate surface area is 175 Å². The first kappa shape index (κ1) is 22.9. The average Bonchev–Trinajstić information content (AvgIpc) is 2.67. The first-order chi connectivity index (χ1) is 13.6. The summed E-state index contributed by atoms with van der Waals surface area (Å²) >= 11 is 5.90. The number of amides is 1. The van der Waals surface area contributed by atoms with Crippen LogP contribution in [0.4, 0.5) is 0 Å². The molecule has 0 aliphatic carbocycles. The number of benzene rings is 2. The smallest absolute Gasteiger partial charge is 0.307 e. The molecule has 0 radical (unpaired) electrons. The van der Waals surface area contributed by atoms with Crippen LogP contribution in [0, 0.1) is 0 Å². The molecule has 2 rings (SSSR count). The molecule has 0 spiro atoms. The molecule has 1 unspecified atom stereocenters. The highest BCUT2D eigenvalue weighted by Crippen LogP contribution is 2.21. The van der Waals surface area contributed by atoms with Gasteiger partial charge in [-0.1, -0.05) is 23.7 Å². The average molecular weight is 439 g/mol. The van der Waals surface area contributed by atoms with Crippen molar-refractivity contribution in [2.45, 2.75) is 37.2 Å². The van der Waals surface area contributed by atoms with Gasteiger partial charge in [-0.3, -0.25) is 9.59 Å². The lowest BCUT2D eigenvalue weighted by Crippen LogP contribution is -2.31. The van der Waals surface area contributed by atoms with E-state index in [2.05, 4.69) is 10.0 Å². The largest absolute Gasteiger partial charge is 0.469 e. The molecule has 156 valence electrons. The van der Waals surface area contributed by atoms with Gasteiger partial charge in [0, 0.05) is 16.6 Å². The summed E-state index contributed by atoms with van der Waals surface area (Å²) in [5.41, 5.74) is 0.950. The van der Waals surface area contributed by atoms with E-state index in [4.69, 9.17) is 16.3 Å². The second kappa shape index (κ2) is 9.87. The van der Waals surface area contributed by atoms with Crippen molar-refractivity contribution < 1.29 is 22.7 Å². The fourth-order valence-electron chi connectivity index (χ4n) is 2.60. The molecule has 9 heteroatoms. The van der Waals surface area contributed by atoms with Crippen molar-refractivity contribution in [3.63, 3.8) is 0 Å². The molecule has 0 saturated heterocycles. The minimum atomic E-state index is -3.65. The van der Waals surface area contributed by atoms with Gasteiger partial charge in [-0.25, -0.2) is 13.1 Å². The molecule has 2 aromatic carbocycles. The van der Waals surface area contributed by atoms with Crippen LogP contribution in [0.25, 0.3) is 0 Å². The van der Waals surface area contributed by atoms with Gasteiger partial charge >= 0.3 is 5.97 Å². The van der Waals surface area contributed by atoms with Gasteiger partial charge in [0.05, 0.1) is 24.5 Å². The fraction of sp³-hybridized carbons (Fsp3) is 0.300. The van der Waals surface area contributed by atoms with Gasteiger partial charge < -0.3 is 10.1 Å². The molecule has 1 amide bonds. The number of hydrogen-bond donors (Lipinski definition) is 2. The van der Waals surface area contributed by atoms with Crippen molar-refractivity contribution >= 4 is 33.5 Å². The normalized spacial score (nSPS) is 12.4. The van der Waals surface area contributed by atoms with Crippen LogP contribution in [0.1, 0.15) is 42.2 Å². The summed E-state index contributed by atoms with van der Waals surface area (Å²) in [7, 11) is -2.38. The third kappa shape index (κ3) is 6.56. The molecule has 0 aliphatic heterocycles. The third-order valence-electron chi connectivity index (χ3n) is 3.99. The zero-order valence-corrected chi connectivity index (χ0v) is 17.9. The molecule has 0 aliphatic rings. The Morgan fingerprint density at radius 2 is 1.62 bits per heavy atom. The first-order valence-corrected chi connectivity index (χ1v) is 10.7. The van der Waals surface area contributed by atoms with E-state index in [1.54, 1.807) is 38.1 Å². The molecular weight excluding hydrogens is 416 g/mol. The van der Waals surface area contributed by atoms with Gasteiger partial charge in [-0.05, 0) is 55.8 Å². The van der Waals surface area contributed by atoms with Crippen LogP contribution in [0.2, 0.25) is 5.02 Å². The first-order valence-electron chi connectivity index (χ1n) is 8.88. The van der Waals surface area contributed by atoms with Gasteiger partial charge in [0.1, 0.15) is 0 Å². The predicted molar refractivity (Wildman–Crippen MR) is 110 cm³/mol. The van der Waals surface area contributed by atoms with Crippen LogP contribution in [0.5, 0.6) is 0 Å². The van der Waals surface area contributed by atoms with Crippen molar-refractivity contribution in [3.8, 4) is 0 Å². The monoisotopic (exact) mass is 438 g/mol. The molecule has 0 bridgehead atoms. The topological polar surface area (TPSA) is 102 Å². The standard InChI is InChI=1S/C20H23ClN2O5S/c1-13(2)23-29(26,27)17-10-6-15(7-11-17)20(25)22-18(12-19(24)28-3)14-4-8-16(21)9-5-14/h4-11,13,18,23H,12H2,1-3H3,(H,22,25). The van der Waals surface area contributed by atoms with Crippen molar-refractivity contribution in [1.82, 2.24) is 10.0 Å². The van der Waals surface area contributed by atoms with Gasteiger partial charge in [0.25, 0.3) is 5.91 Å². The van der Waals surface area contributed by atoms with E-state index in [-0.39, 0.29) is 22.9 Å². The number of esters is 1. The Bertz CT molecular complexity index is 957. The van der Waals surface area contributed by atoms with Crippen molar-refractivity contribution in [3.05, 3.63) is 64.7 Å². The highest BCUT2D eigenvalue weighted by atomic mass is 35.5. The summed E-state index contributed by atoms with van der Waals surface area (Å²) in [5, 5.41) is 3.31. The Kier molecular flexibility index (Phi) is 7.78. The summed E-state index contributed by atoms with van der Waals surface area (Å²) in [6.07, 6.45) is -0.0609. The van der Waals surface area contributed by atoms with Gasteiger partial charge in [0.15, 0.2) is 0 Å². The van der Waals surface area contributed by atoms with E-state index in [0.717, 1.165) is 0 Å². The summed E-state index contributed by atoms with van der Waals surface area (Å²) in [6, 6.07) is 11.4. The van der Waals surface area contributed by atoms with Crippen LogP contribution in [0.15, 0.2) is 53.4 Å². The van der Waals surface area contributed by atoms with Crippen molar-refractivity contribution in [2.75, 3.05) is 7.11 Å². The minimum absolute atomic E-state index is 0.0609. The Balaban J connectivity index is 2.20. The van der Waals surface area contributed by atoms with Crippen LogP contribution in [-0.4, -0.2) is 33.4 Å². The molecule has 0 fully saturated rings. The summed E-state index contributed by atoms with van der Waals surface area (Å²) in [6.45, 7) is 3.44. The molecule has 2 aromatic rings. The lowest BCUT2D eigenvalue weighted by Gasteiger charge is -2.18. The maximum Gasteiger partial charge on any atom is 0.307 e. The number of sulfonamides is 1. The number of rotatable bonds is 8. The highest BCUT2D eigenvalue weighted by Gasteiger charge is 2.21. The minimum Gasteiger partial charge on any atom is -0.469 e. The summed E-state index contributed by atoms with van der Waals surface area (Å²) in [5.74, 6) is -0.930. The number of methoxy groups -OCH3 is 1. The summed E-state index contributed by atoms with van der Waals surface area (Å²) in [4.78, 5) is 24.5. The zero-order valence-electron chi connectivity index (χ0n) is 16.3. The third-order valence-corrected chi connectivity index (χ3v) is 5.92. The maximum atomic E-state index is 12.6. The highest BCUT2D eigenvalue weighted by molar-refractivity contribution is 7.89.